The molecule has 1 saturated heterocycles. The molecule has 0 N–H and O–H groups in total. The number of nitrogens with zero attached hydrogens (tertiary/aromatic N) is 2. The van der Waals surface area contributed by atoms with Gasteiger partial charge in [-0.1, -0.05) is 6.07 Å². The van der Waals surface area contributed by atoms with Crippen LogP contribution in [0.1, 0.15) is 6.92 Å². The van der Waals surface area contributed by atoms with Gasteiger partial charge in [0.2, 0.25) is 5.75 Å². The van der Waals surface area contributed by atoms with Crippen LogP contribution in [0.15, 0.2) is 18.2 Å². The van der Waals surface area contributed by atoms with Crippen LogP contribution in [0.5, 0.6) is 17.2 Å². The van der Waals surface area contributed by atoms with Crippen molar-refractivity contribution in [1.29, 1.82) is 0 Å². The van der Waals surface area contributed by atoms with Gasteiger partial charge in [-0.2, -0.15) is 0 Å². The van der Waals surface area contributed by atoms with E-state index in [-0.39, 0.29) is 18.6 Å². The van der Waals surface area contributed by atoms with Gasteiger partial charge in [-0.05, 0) is 19.1 Å². The monoisotopic (exact) mass is 352 g/mol. The molecule has 2 amide bonds. The Hall–Kier alpha value is -2.64. The van der Waals surface area contributed by atoms with Crippen molar-refractivity contribution < 1.29 is 28.5 Å². The number of para-hydroxylation sites is 1. The highest BCUT2D eigenvalue weighted by Crippen LogP contribution is 2.36. The Morgan fingerprint density at radius 3 is 2.24 bits per heavy atom. The molecule has 0 spiro atoms. The first-order valence-electron chi connectivity index (χ1n) is 8.14. The zero-order chi connectivity index (χ0) is 18.2. The molecule has 8 nitrogen and oxygen atoms in total. The molecule has 2 rings (SSSR count). The molecule has 1 aromatic carbocycles. The van der Waals surface area contributed by atoms with Crippen molar-refractivity contribution in [2.75, 3.05) is 53.6 Å². The summed E-state index contributed by atoms with van der Waals surface area (Å²) in [5.41, 5.74) is 0. The van der Waals surface area contributed by atoms with Crippen LogP contribution >= 0.6 is 0 Å². The number of piperazine rings is 1. The van der Waals surface area contributed by atoms with Crippen molar-refractivity contribution in [2.24, 2.45) is 0 Å². The number of amides is 2. The van der Waals surface area contributed by atoms with Gasteiger partial charge in [0.25, 0.3) is 5.91 Å². The molecule has 1 aliphatic heterocycles. The molecule has 0 aromatic heterocycles. The topological polar surface area (TPSA) is 77.5 Å². The summed E-state index contributed by atoms with van der Waals surface area (Å²) in [6, 6.07) is 5.23. The minimum atomic E-state index is -0.341. The maximum absolute atomic E-state index is 12.3. The third-order valence-electron chi connectivity index (χ3n) is 3.88. The van der Waals surface area contributed by atoms with E-state index < -0.39 is 0 Å². The van der Waals surface area contributed by atoms with Crippen LogP contribution in [0.4, 0.5) is 4.79 Å². The normalized spacial score (nSPS) is 14.0. The molecule has 1 heterocycles. The number of hydrogen-bond donors (Lipinski definition) is 0. The number of ether oxygens (including phenoxy) is 4. The molecule has 138 valence electrons. The fourth-order valence-corrected chi connectivity index (χ4v) is 2.56. The zero-order valence-corrected chi connectivity index (χ0v) is 14.8. The van der Waals surface area contributed by atoms with E-state index in [9.17, 15) is 9.59 Å². The van der Waals surface area contributed by atoms with Crippen molar-refractivity contribution in [3.8, 4) is 17.2 Å². The Morgan fingerprint density at radius 1 is 1.00 bits per heavy atom. The van der Waals surface area contributed by atoms with E-state index in [0.29, 0.717) is 50.0 Å². The summed E-state index contributed by atoms with van der Waals surface area (Å²) in [4.78, 5) is 27.3. The van der Waals surface area contributed by atoms with Crippen LogP contribution in [0, 0.1) is 0 Å². The molecule has 1 aromatic rings. The maximum Gasteiger partial charge on any atom is 0.409 e. The smallest absolute Gasteiger partial charge is 0.409 e. The summed E-state index contributed by atoms with van der Waals surface area (Å²) in [6.45, 7) is 3.81. The molecule has 0 atom stereocenters. The molecular formula is C17H24N2O6. The van der Waals surface area contributed by atoms with E-state index in [4.69, 9.17) is 18.9 Å². The summed E-state index contributed by atoms with van der Waals surface area (Å²) in [5.74, 6) is 1.29. The van der Waals surface area contributed by atoms with Crippen LogP contribution in [-0.4, -0.2) is 75.4 Å². The first-order valence-corrected chi connectivity index (χ1v) is 8.14. The summed E-state index contributed by atoms with van der Waals surface area (Å²) < 4.78 is 21.0. The van der Waals surface area contributed by atoms with E-state index in [1.807, 2.05) is 0 Å². The molecule has 0 bridgehead atoms. The van der Waals surface area contributed by atoms with Gasteiger partial charge in [0, 0.05) is 26.2 Å². The highest BCUT2D eigenvalue weighted by atomic mass is 16.6. The molecule has 0 unspecified atom stereocenters. The molecule has 1 aliphatic rings. The summed E-state index contributed by atoms with van der Waals surface area (Å²) in [5, 5.41) is 0. The standard InChI is InChI=1S/C17H24N2O6/c1-4-24-17(21)19-10-8-18(9-11-19)15(20)12-25-14-7-5-6-13(22-2)16(14)23-3/h5-7H,4,8-12H2,1-3H3. The number of carbonyl (C=O) groups excluding carboxylic acids is 2. The number of hydrogen-bond acceptors (Lipinski definition) is 6. The third kappa shape index (κ3) is 4.68. The Labute approximate surface area is 147 Å². The molecule has 0 aliphatic carbocycles. The highest BCUT2D eigenvalue weighted by molar-refractivity contribution is 5.78. The molecule has 1 fully saturated rings. The summed E-state index contributed by atoms with van der Waals surface area (Å²) in [6.07, 6.45) is -0.341. The predicted octanol–water partition coefficient (Wildman–Crippen LogP) is 1.38. The van der Waals surface area contributed by atoms with E-state index in [1.54, 1.807) is 34.9 Å². The van der Waals surface area contributed by atoms with E-state index in [1.165, 1.54) is 14.2 Å². The minimum Gasteiger partial charge on any atom is -0.493 e. The van der Waals surface area contributed by atoms with Gasteiger partial charge in [0.1, 0.15) is 0 Å². The van der Waals surface area contributed by atoms with Crippen LogP contribution in [0.3, 0.4) is 0 Å². The van der Waals surface area contributed by atoms with Crippen LogP contribution in [0.25, 0.3) is 0 Å². The minimum absolute atomic E-state index is 0.108. The Kier molecular flexibility index (Phi) is 6.73. The second kappa shape index (κ2) is 9.00. The van der Waals surface area contributed by atoms with Crippen LogP contribution in [-0.2, 0) is 9.53 Å². The second-order valence-electron chi connectivity index (χ2n) is 5.35. The molecule has 25 heavy (non-hydrogen) atoms. The van der Waals surface area contributed by atoms with Crippen molar-refractivity contribution in [3.63, 3.8) is 0 Å². The third-order valence-corrected chi connectivity index (χ3v) is 3.88. The lowest BCUT2D eigenvalue weighted by molar-refractivity contribution is -0.135. The van der Waals surface area contributed by atoms with Crippen molar-refractivity contribution >= 4 is 12.0 Å². The average Bonchev–Trinajstić information content (AvgIpc) is 2.65. The largest absolute Gasteiger partial charge is 0.493 e. The number of carbonyl (C=O) groups is 2. The first-order chi connectivity index (χ1) is 12.1. The maximum atomic E-state index is 12.3. The molecule has 0 radical (unpaired) electrons. The van der Waals surface area contributed by atoms with Crippen molar-refractivity contribution in [3.05, 3.63) is 18.2 Å². The van der Waals surface area contributed by atoms with Crippen LogP contribution in [0.2, 0.25) is 0 Å². The van der Waals surface area contributed by atoms with Gasteiger partial charge in [0.05, 0.1) is 20.8 Å². The summed E-state index contributed by atoms with van der Waals surface area (Å²) in [7, 11) is 3.05. The van der Waals surface area contributed by atoms with Gasteiger partial charge in [-0.15, -0.1) is 0 Å². The predicted molar refractivity (Wildman–Crippen MR) is 90.2 cm³/mol. The second-order valence-corrected chi connectivity index (χ2v) is 5.35. The van der Waals surface area contributed by atoms with Crippen LogP contribution < -0.4 is 14.2 Å². The average molecular weight is 352 g/mol. The fraction of sp³-hybridized carbons (Fsp3) is 0.529. The lowest BCUT2D eigenvalue weighted by Gasteiger charge is -2.34. The fourth-order valence-electron chi connectivity index (χ4n) is 2.56. The van der Waals surface area contributed by atoms with Gasteiger partial charge in [0.15, 0.2) is 18.1 Å². The lowest BCUT2D eigenvalue weighted by Crippen LogP contribution is -2.51. The lowest BCUT2D eigenvalue weighted by atomic mass is 10.3. The van der Waals surface area contributed by atoms with E-state index in [2.05, 4.69) is 0 Å². The summed E-state index contributed by atoms with van der Waals surface area (Å²) >= 11 is 0. The highest BCUT2D eigenvalue weighted by Gasteiger charge is 2.25. The molecule has 8 heteroatoms. The Bertz CT molecular complexity index is 599. The zero-order valence-electron chi connectivity index (χ0n) is 14.8. The van der Waals surface area contributed by atoms with Gasteiger partial charge < -0.3 is 28.7 Å². The van der Waals surface area contributed by atoms with Gasteiger partial charge in [-0.25, -0.2) is 4.79 Å². The quantitative estimate of drug-likeness (QED) is 0.770. The number of methoxy groups -OCH3 is 2. The first kappa shape index (κ1) is 18.7. The van der Waals surface area contributed by atoms with E-state index in [0.717, 1.165) is 0 Å². The Balaban J connectivity index is 1.87. The number of rotatable bonds is 6. The van der Waals surface area contributed by atoms with Gasteiger partial charge >= 0.3 is 6.09 Å². The van der Waals surface area contributed by atoms with Crippen molar-refractivity contribution in [1.82, 2.24) is 9.80 Å². The Morgan fingerprint density at radius 2 is 1.64 bits per heavy atom. The van der Waals surface area contributed by atoms with Crippen molar-refractivity contribution in [2.45, 2.75) is 6.92 Å². The number of benzene rings is 1. The molecular weight excluding hydrogens is 328 g/mol. The van der Waals surface area contributed by atoms with Gasteiger partial charge in [-0.3, -0.25) is 4.79 Å². The SMILES string of the molecule is CCOC(=O)N1CCN(C(=O)COc2cccc(OC)c2OC)CC1. The molecule has 0 saturated carbocycles. The van der Waals surface area contributed by atoms with E-state index >= 15 is 0 Å².